The number of hydrogen-bond acceptors (Lipinski definition) is 7. The van der Waals surface area contributed by atoms with Crippen LogP contribution in [0.1, 0.15) is 30.0 Å². The van der Waals surface area contributed by atoms with Crippen molar-refractivity contribution in [3.63, 3.8) is 0 Å². The zero-order chi connectivity index (χ0) is 25.8. The van der Waals surface area contributed by atoms with Crippen LogP contribution in [0.4, 0.5) is 0 Å². The van der Waals surface area contributed by atoms with Crippen molar-refractivity contribution in [3.8, 4) is 0 Å². The van der Waals surface area contributed by atoms with Crippen LogP contribution in [0.15, 0.2) is 47.6 Å². The number of thioether (sulfide) groups is 1. The normalized spacial score (nSPS) is 15.3. The van der Waals surface area contributed by atoms with E-state index < -0.39 is 0 Å². The molecule has 1 amide bonds. The summed E-state index contributed by atoms with van der Waals surface area (Å²) in [7, 11) is 0. The molecule has 3 heterocycles. The second-order valence-electron chi connectivity index (χ2n) is 9.72. The summed E-state index contributed by atoms with van der Waals surface area (Å²) >= 11 is 1.35. The van der Waals surface area contributed by atoms with Crippen LogP contribution in [0.5, 0.6) is 0 Å². The summed E-state index contributed by atoms with van der Waals surface area (Å²) in [6.45, 7) is 11.9. The number of aromatic nitrogens is 4. The first-order chi connectivity index (χ1) is 18.0. The van der Waals surface area contributed by atoms with Crippen molar-refractivity contribution in [1.29, 1.82) is 0 Å². The Bertz CT molecular complexity index is 1380. The van der Waals surface area contributed by atoms with Crippen LogP contribution in [0.3, 0.4) is 0 Å². The summed E-state index contributed by atoms with van der Waals surface area (Å²) in [5, 5.41) is 13.2. The van der Waals surface area contributed by atoms with Gasteiger partial charge in [0.2, 0.25) is 11.1 Å². The van der Waals surface area contributed by atoms with Gasteiger partial charge in [0.15, 0.2) is 5.65 Å². The summed E-state index contributed by atoms with van der Waals surface area (Å²) in [5.41, 5.74) is 6.25. The minimum Gasteiger partial charge on any atom is -0.379 e. The van der Waals surface area contributed by atoms with E-state index in [1.54, 1.807) is 0 Å². The molecule has 4 aromatic rings. The van der Waals surface area contributed by atoms with E-state index >= 15 is 0 Å². The largest absolute Gasteiger partial charge is 0.379 e. The number of carbonyl (C=O) groups is 1. The molecule has 9 heteroatoms. The van der Waals surface area contributed by atoms with E-state index in [4.69, 9.17) is 9.72 Å². The Balaban J connectivity index is 1.30. The number of nitrogens with zero attached hydrogens (tertiary/aromatic N) is 5. The highest BCUT2D eigenvalue weighted by Crippen LogP contribution is 2.30. The maximum atomic E-state index is 12.7. The van der Waals surface area contributed by atoms with Crippen molar-refractivity contribution in [1.82, 2.24) is 30.0 Å². The zero-order valence-electron chi connectivity index (χ0n) is 21.7. The van der Waals surface area contributed by atoms with E-state index in [9.17, 15) is 4.79 Å². The minimum absolute atomic E-state index is 0.00787. The first-order valence-corrected chi connectivity index (χ1v) is 13.8. The Hall–Kier alpha value is -3.01. The third-order valence-electron chi connectivity index (χ3n) is 6.77. The lowest BCUT2D eigenvalue weighted by molar-refractivity contribution is -0.120. The van der Waals surface area contributed by atoms with Crippen molar-refractivity contribution in [3.05, 3.63) is 59.2 Å². The summed E-state index contributed by atoms with van der Waals surface area (Å²) in [4.78, 5) is 20.0. The molecule has 1 unspecified atom stereocenters. The van der Waals surface area contributed by atoms with Gasteiger partial charge < -0.3 is 14.6 Å². The molecular formula is C28H34N6O2S. The Morgan fingerprint density at radius 1 is 1.08 bits per heavy atom. The van der Waals surface area contributed by atoms with Gasteiger partial charge in [-0.15, -0.1) is 10.2 Å². The number of nitrogens with one attached hydrogen (secondary N) is 1. The van der Waals surface area contributed by atoms with E-state index in [2.05, 4.69) is 81.3 Å². The number of aryl methyl sites for hydroxylation is 2. The van der Waals surface area contributed by atoms with E-state index in [-0.39, 0.29) is 11.2 Å². The predicted octanol–water partition coefficient (Wildman–Crippen LogP) is 3.96. The Morgan fingerprint density at radius 2 is 1.84 bits per heavy atom. The molecule has 0 spiro atoms. The minimum atomic E-state index is -0.320. The zero-order valence-corrected chi connectivity index (χ0v) is 22.6. The van der Waals surface area contributed by atoms with Gasteiger partial charge in [0.05, 0.1) is 24.0 Å². The average Bonchev–Trinajstić information content (AvgIpc) is 3.20. The number of carbonyl (C=O) groups excluding carboxylic acids is 1. The number of ether oxygens (including phenoxy) is 1. The van der Waals surface area contributed by atoms with Gasteiger partial charge in [-0.2, -0.15) is 0 Å². The van der Waals surface area contributed by atoms with Crippen molar-refractivity contribution in [2.24, 2.45) is 0 Å². The monoisotopic (exact) mass is 518 g/mol. The molecule has 1 N–H and O–H groups in total. The number of morpholine rings is 1. The number of hydrogen-bond donors (Lipinski definition) is 1. The van der Waals surface area contributed by atoms with Crippen molar-refractivity contribution < 1.29 is 9.53 Å². The van der Waals surface area contributed by atoms with Gasteiger partial charge in [-0.05, 0) is 51.4 Å². The second kappa shape index (κ2) is 11.6. The van der Waals surface area contributed by atoms with E-state index in [1.165, 1.54) is 28.5 Å². The number of fused-ring (bicyclic) bond motifs is 3. The Labute approximate surface area is 221 Å². The Kier molecular flexibility index (Phi) is 8.02. The number of benzene rings is 2. The first-order valence-electron chi connectivity index (χ1n) is 12.9. The van der Waals surface area contributed by atoms with Gasteiger partial charge in [-0.1, -0.05) is 53.2 Å². The summed E-state index contributed by atoms with van der Waals surface area (Å²) < 4.78 is 7.59. The molecule has 1 saturated heterocycles. The quantitative estimate of drug-likeness (QED) is 0.265. The molecule has 194 valence electrons. The second-order valence-corrected chi connectivity index (χ2v) is 11.0. The fraction of sp³-hybridized carbons (Fsp3) is 0.429. The van der Waals surface area contributed by atoms with E-state index in [0.29, 0.717) is 18.2 Å². The van der Waals surface area contributed by atoms with Crippen LogP contribution < -0.4 is 5.32 Å². The predicted molar refractivity (Wildman–Crippen MR) is 148 cm³/mol. The molecule has 1 aliphatic rings. The van der Waals surface area contributed by atoms with Crippen molar-refractivity contribution >= 4 is 39.7 Å². The fourth-order valence-corrected chi connectivity index (χ4v) is 5.37. The van der Waals surface area contributed by atoms with Crippen LogP contribution in [-0.2, 0) is 16.1 Å². The summed E-state index contributed by atoms with van der Waals surface area (Å²) in [6, 6.07) is 14.9. The molecule has 0 aliphatic carbocycles. The van der Waals surface area contributed by atoms with Crippen LogP contribution in [0.25, 0.3) is 22.1 Å². The molecule has 0 bridgehead atoms. The third kappa shape index (κ3) is 6.11. The highest BCUT2D eigenvalue weighted by molar-refractivity contribution is 8.00. The molecule has 1 fully saturated rings. The summed E-state index contributed by atoms with van der Waals surface area (Å²) in [5.74, 6) is -0.00787. The van der Waals surface area contributed by atoms with E-state index in [1.807, 2.05) is 6.92 Å². The molecule has 2 aromatic carbocycles. The molecule has 1 aliphatic heterocycles. The lowest BCUT2D eigenvalue weighted by atomic mass is 10.1. The molecule has 5 rings (SSSR count). The smallest absolute Gasteiger partial charge is 0.233 e. The van der Waals surface area contributed by atoms with Gasteiger partial charge in [0.25, 0.3) is 0 Å². The SMILES string of the molecule is Cc1ccc(Cn2c3ccc(C)cc3c3nnc(SC(C)C(=O)NCCCN4CCOCC4)nc32)cc1. The highest BCUT2D eigenvalue weighted by Gasteiger charge is 2.20. The molecule has 1 atom stereocenters. The third-order valence-corrected chi connectivity index (χ3v) is 7.72. The van der Waals surface area contributed by atoms with Gasteiger partial charge >= 0.3 is 0 Å². The topological polar surface area (TPSA) is 85.2 Å². The van der Waals surface area contributed by atoms with Gasteiger partial charge in [-0.25, -0.2) is 4.98 Å². The fourth-order valence-electron chi connectivity index (χ4n) is 4.64. The maximum absolute atomic E-state index is 12.7. The van der Waals surface area contributed by atoms with E-state index in [0.717, 1.165) is 61.3 Å². The van der Waals surface area contributed by atoms with Crippen LogP contribution in [0.2, 0.25) is 0 Å². The molecule has 0 radical (unpaired) electrons. The van der Waals surface area contributed by atoms with Crippen LogP contribution >= 0.6 is 11.8 Å². The van der Waals surface area contributed by atoms with Crippen LogP contribution in [-0.4, -0.2) is 75.2 Å². The molecular weight excluding hydrogens is 484 g/mol. The van der Waals surface area contributed by atoms with Gasteiger partial charge in [-0.3, -0.25) is 9.69 Å². The lowest BCUT2D eigenvalue weighted by Gasteiger charge is -2.26. The number of amides is 1. The molecule has 0 saturated carbocycles. The van der Waals surface area contributed by atoms with Gasteiger partial charge in [0, 0.05) is 31.6 Å². The van der Waals surface area contributed by atoms with Gasteiger partial charge in [0.1, 0.15) is 5.52 Å². The van der Waals surface area contributed by atoms with Crippen molar-refractivity contribution in [2.75, 3.05) is 39.4 Å². The van der Waals surface area contributed by atoms with Crippen molar-refractivity contribution in [2.45, 2.75) is 44.1 Å². The maximum Gasteiger partial charge on any atom is 0.233 e. The molecule has 8 nitrogen and oxygen atoms in total. The highest BCUT2D eigenvalue weighted by atomic mass is 32.2. The molecule has 37 heavy (non-hydrogen) atoms. The lowest BCUT2D eigenvalue weighted by Crippen LogP contribution is -2.38. The molecule has 2 aromatic heterocycles. The average molecular weight is 519 g/mol. The summed E-state index contributed by atoms with van der Waals surface area (Å²) in [6.07, 6.45) is 0.922. The van der Waals surface area contributed by atoms with Crippen LogP contribution in [0, 0.1) is 13.8 Å². The Morgan fingerprint density at radius 3 is 2.62 bits per heavy atom. The first kappa shape index (κ1) is 25.6. The standard InChI is InChI=1S/C28H34N6O2S/c1-19-5-8-22(9-6-19)18-34-24-10-7-20(2)17-23(24)25-26(34)30-28(32-31-25)37-21(3)27(35)29-11-4-12-33-13-15-36-16-14-33/h5-10,17,21H,4,11-16,18H2,1-3H3,(H,29,35). The number of rotatable bonds is 9.